The normalized spacial score (nSPS) is 10.8. The highest BCUT2D eigenvalue weighted by Gasteiger charge is 2.02. The average Bonchev–Trinajstić information content (AvgIpc) is 2.63. The van der Waals surface area contributed by atoms with Crippen LogP contribution in [0.15, 0.2) is 53.6 Å². The molecule has 6 nitrogen and oxygen atoms in total. The maximum atomic E-state index is 10.6. The largest absolute Gasteiger partial charge is 0.494 e. The van der Waals surface area contributed by atoms with Crippen LogP contribution in [-0.2, 0) is 0 Å². The molecule has 1 N–H and O–H groups in total. The van der Waals surface area contributed by atoms with Crippen molar-refractivity contribution < 1.29 is 9.66 Å². The molecule has 0 aromatic heterocycles. The van der Waals surface area contributed by atoms with Gasteiger partial charge in [-0.1, -0.05) is 26.2 Å². The first-order valence-electron chi connectivity index (χ1n) is 8.45. The van der Waals surface area contributed by atoms with Gasteiger partial charge in [-0.3, -0.25) is 15.5 Å². The van der Waals surface area contributed by atoms with Crippen molar-refractivity contribution in [3.8, 4) is 5.75 Å². The molecule has 0 atom stereocenters. The van der Waals surface area contributed by atoms with E-state index in [0.29, 0.717) is 5.69 Å². The number of nitrogens with zero attached hydrogens (tertiary/aromatic N) is 2. The SMILES string of the molecule is CCCCCCOc1ccc(C=NNc2ccc([N+](=O)[O-])cc2)cc1. The molecule has 2 rings (SSSR count). The van der Waals surface area contributed by atoms with E-state index in [1.807, 2.05) is 24.3 Å². The Labute approximate surface area is 147 Å². The second-order valence-corrected chi connectivity index (χ2v) is 5.65. The molecule has 0 aliphatic carbocycles. The van der Waals surface area contributed by atoms with Crippen LogP contribution >= 0.6 is 0 Å². The van der Waals surface area contributed by atoms with Crippen molar-refractivity contribution in [3.63, 3.8) is 0 Å². The molecule has 0 saturated carbocycles. The Morgan fingerprint density at radius 2 is 1.80 bits per heavy atom. The first-order chi connectivity index (χ1) is 12.2. The van der Waals surface area contributed by atoms with E-state index >= 15 is 0 Å². The molecule has 0 radical (unpaired) electrons. The van der Waals surface area contributed by atoms with Crippen LogP contribution in [0, 0.1) is 10.1 Å². The number of hydrogen-bond acceptors (Lipinski definition) is 5. The molecule has 0 amide bonds. The fourth-order valence-corrected chi connectivity index (χ4v) is 2.21. The van der Waals surface area contributed by atoms with Crippen molar-refractivity contribution in [2.45, 2.75) is 32.6 Å². The highest BCUT2D eigenvalue weighted by Crippen LogP contribution is 2.15. The highest BCUT2D eigenvalue weighted by atomic mass is 16.6. The van der Waals surface area contributed by atoms with Gasteiger partial charge in [0.25, 0.3) is 5.69 Å². The van der Waals surface area contributed by atoms with E-state index < -0.39 is 4.92 Å². The topological polar surface area (TPSA) is 76.8 Å². The molecule has 0 bridgehead atoms. The molecule has 0 spiro atoms. The molecule has 0 unspecified atom stereocenters. The fraction of sp³-hybridized carbons (Fsp3) is 0.316. The summed E-state index contributed by atoms with van der Waals surface area (Å²) in [6.45, 7) is 2.94. The van der Waals surface area contributed by atoms with Gasteiger partial charge in [0.2, 0.25) is 0 Å². The summed E-state index contributed by atoms with van der Waals surface area (Å²) in [4.78, 5) is 10.2. The van der Waals surface area contributed by atoms with E-state index in [-0.39, 0.29) is 5.69 Å². The number of hydrazone groups is 1. The zero-order valence-electron chi connectivity index (χ0n) is 14.4. The Balaban J connectivity index is 1.78. The van der Waals surface area contributed by atoms with Gasteiger partial charge in [-0.25, -0.2) is 0 Å². The second kappa shape index (κ2) is 10.1. The maximum Gasteiger partial charge on any atom is 0.269 e. The lowest BCUT2D eigenvalue weighted by Gasteiger charge is -2.06. The van der Waals surface area contributed by atoms with Gasteiger partial charge in [-0.05, 0) is 48.4 Å². The van der Waals surface area contributed by atoms with Crippen molar-refractivity contribution >= 4 is 17.6 Å². The van der Waals surface area contributed by atoms with Crippen molar-refractivity contribution in [3.05, 3.63) is 64.2 Å². The van der Waals surface area contributed by atoms with Gasteiger partial charge in [-0.2, -0.15) is 5.10 Å². The molecule has 6 heteroatoms. The molecule has 0 aliphatic rings. The minimum absolute atomic E-state index is 0.0554. The summed E-state index contributed by atoms with van der Waals surface area (Å²) >= 11 is 0. The predicted octanol–water partition coefficient (Wildman–Crippen LogP) is 5.00. The number of nitrogens with one attached hydrogen (secondary N) is 1. The van der Waals surface area contributed by atoms with Crippen molar-refractivity contribution in [2.75, 3.05) is 12.0 Å². The van der Waals surface area contributed by atoms with E-state index in [1.54, 1.807) is 18.3 Å². The van der Waals surface area contributed by atoms with Gasteiger partial charge in [0.1, 0.15) is 5.75 Å². The molecular weight excluding hydrogens is 318 g/mol. The number of unbranched alkanes of at least 4 members (excludes halogenated alkanes) is 3. The molecule has 132 valence electrons. The van der Waals surface area contributed by atoms with Crippen LogP contribution in [-0.4, -0.2) is 17.7 Å². The summed E-state index contributed by atoms with van der Waals surface area (Å²) < 4.78 is 5.70. The van der Waals surface area contributed by atoms with Gasteiger partial charge in [0, 0.05) is 12.1 Å². The average molecular weight is 341 g/mol. The molecule has 25 heavy (non-hydrogen) atoms. The first kappa shape index (κ1) is 18.4. The molecule has 0 fully saturated rings. The smallest absolute Gasteiger partial charge is 0.269 e. The first-order valence-corrected chi connectivity index (χ1v) is 8.45. The molecule has 0 saturated heterocycles. The Bertz CT molecular complexity index is 682. The van der Waals surface area contributed by atoms with Crippen molar-refractivity contribution in [1.29, 1.82) is 0 Å². The molecular formula is C19H23N3O3. The number of anilines is 1. The summed E-state index contributed by atoms with van der Waals surface area (Å²) in [5.74, 6) is 0.858. The lowest BCUT2D eigenvalue weighted by Crippen LogP contribution is -1.97. The number of ether oxygens (including phenoxy) is 1. The number of rotatable bonds is 10. The number of hydrogen-bond donors (Lipinski definition) is 1. The van der Waals surface area contributed by atoms with Gasteiger partial charge in [-0.15, -0.1) is 0 Å². The van der Waals surface area contributed by atoms with Crippen LogP contribution < -0.4 is 10.2 Å². The Hall–Kier alpha value is -2.89. The summed E-state index contributed by atoms with van der Waals surface area (Å²) in [7, 11) is 0. The summed E-state index contributed by atoms with van der Waals surface area (Å²) in [6, 6.07) is 13.8. The zero-order valence-corrected chi connectivity index (χ0v) is 14.4. The Kier molecular flexibility index (Phi) is 7.43. The standard InChI is InChI=1S/C19H23N3O3/c1-2-3-4-5-14-25-19-12-6-16(7-13-19)15-20-21-17-8-10-18(11-9-17)22(23)24/h6-13,15,21H,2-5,14H2,1H3. The van der Waals surface area contributed by atoms with E-state index in [0.717, 1.165) is 24.3 Å². The second-order valence-electron chi connectivity index (χ2n) is 5.65. The van der Waals surface area contributed by atoms with Gasteiger partial charge >= 0.3 is 0 Å². The fourth-order valence-electron chi connectivity index (χ4n) is 2.21. The van der Waals surface area contributed by atoms with E-state index in [1.165, 1.54) is 31.4 Å². The Morgan fingerprint density at radius 1 is 1.08 bits per heavy atom. The number of nitro groups is 1. The van der Waals surface area contributed by atoms with Crippen LogP contribution in [0.2, 0.25) is 0 Å². The Morgan fingerprint density at radius 3 is 2.44 bits per heavy atom. The molecule has 2 aromatic carbocycles. The third-order valence-corrected chi connectivity index (χ3v) is 3.63. The van der Waals surface area contributed by atoms with Crippen LogP contribution in [0.4, 0.5) is 11.4 Å². The van der Waals surface area contributed by atoms with Crippen molar-refractivity contribution in [1.82, 2.24) is 0 Å². The molecule has 0 heterocycles. The number of nitro benzene ring substituents is 1. The maximum absolute atomic E-state index is 10.6. The quantitative estimate of drug-likeness (QED) is 0.285. The summed E-state index contributed by atoms with van der Waals surface area (Å²) in [6.07, 6.45) is 6.45. The molecule has 2 aromatic rings. The predicted molar refractivity (Wildman–Crippen MR) is 100 cm³/mol. The minimum atomic E-state index is -0.430. The van der Waals surface area contributed by atoms with Gasteiger partial charge < -0.3 is 4.74 Å². The van der Waals surface area contributed by atoms with E-state index in [4.69, 9.17) is 4.74 Å². The third-order valence-electron chi connectivity index (χ3n) is 3.63. The van der Waals surface area contributed by atoms with Gasteiger partial charge in [0.15, 0.2) is 0 Å². The number of benzene rings is 2. The monoisotopic (exact) mass is 341 g/mol. The van der Waals surface area contributed by atoms with E-state index in [2.05, 4.69) is 17.5 Å². The van der Waals surface area contributed by atoms with E-state index in [9.17, 15) is 10.1 Å². The van der Waals surface area contributed by atoms with Crippen LogP contribution in [0.3, 0.4) is 0 Å². The van der Waals surface area contributed by atoms with Crippen LogP contribution in [0.5, 0.6) is 5.75 Å². The lowest BCUT2D eigenvalue weighted by atomic mass is 10.2. The molecule has 0 aliphatic heterocycles. The van der Waals surface area contributed by atoms with Crippen LogP contribution in [0.1, 0.15) is 38.2 Å². The highest BCUT2D eigenvalue weighted by molar-refractivity contribution is 5.80. The summed E-state index contributed by atoms with van der Waals surface area (Å²) in [5.41, 5.74) is 4.53. The van der Waals surface area contributed by atoms with Crippen molar-refractivity contribution in [2.24, 2.45) is 5.10 Å². The summed E-state index contributed by atoms with van der Waals surface area (Å²) in [5, 5.41) is 14.7. The number of non-ortho nitro benzene ring substituents is 1. The zero-order chi connectivity index (χ0) is 17.9. The third kappa shape index (κ3) is 6.63. The van der Waals surface area contributed by atoms with Gasteiger partial charge in [0.05, 0.1) is 23.4 Å². The lowest BCUT2D eigenvalue weighted by molar-refractivity contribution is -0.384. The minimum Gasteiger partial charge on any atom is -0.494 e. The van der Waals surface area contributed by atoms with Crippen LogP contribution in [0.25, 0.3) is 0 Å².